The summed E-state index contributed by atoms with van der Waals surface area (Å²) < 4.78 is 0. The molecule has 19 heavy (non-hydrogen) atoms. The van der Waals surface area contributed by atoms with Crippen molar-refractivity contribution in [3.05, 3.63) is 58.7 Å². The standard InChI is InChI=1S/C19H22/c1-5-19(6-2)17-11-13(3)7-9-15(17)16-10-8-14(4)12-18(16)19/h7-12H,5-6H2,1-4H3. The maximum absolute atomic E-state index is 2.40. The van der Waals surface area contributed by atoms with Gasteiger partial charge in [-0.3, -0.25) is 0 Å². The molecule has 1 aliphatic rings. The molecule has 0 atom stereocenters. The number of hydrogen-bond donors (Lipinski definition) is 0. The van der Waals surface area contributed by atoms with Gasteiger partial charge in [-0.25, -0.2) is 0 Å². The van der Waals surface area contributed by atoms with Crippen molar-refractivity contribution < 1.29 is 0 Å². The number of fused-ring (bicyclic) bond motifs is 3. The van der Waals surface area contributed by atoms with Crippen molar-refractivity contribution in [2.75, 3.05) is 0 Å². The summed E-state index contributed by atoms with van der Waals surface area (Å²) in [5.41, 5.74) is 8.94. The minimum atomic E-state index is 0.225. The predicted molar refractivity (Wildman–Crippen MR) is 82.7 cm³/mol. The van der Waals surface area contributed by atoms with Crippen LogP contribution in [-0.4, -0.2) is 0 Å². The fourth-order valence-corrected chi connectivity index (χ4v) is 3.73. The minimum Gasteiger partial charge on any atom is -0.0642 e. The molecule has 0 saturated heterocycles. The molecule has 0 radical (unpaired) electrons. The zero-order chi connectivity index (χ0) is 13.6. The fourth-order valence-electron chi connectivity index (χ4n) is 3.73. The Morgan fingerprint density at radius 2 is 1.16 bits per heavy atom. The number of benzene rings is 2. The van der Waals surface area contributed by atoms with Gasteiger partial charge in [-0.15, -0.1) is 0 Å². The molecule has 3 rings (SSSR count). The first-order valence-corrected chi connectivity index (χ1v) is 7.35. The Kier molecular flexibility index (Phi) is 2.78. The van der Waals surface area contributed by atoms with E-state index in [9.17, 15) is 0 Å². The van der Waals surface area contributed by atoms with Gasteiger partial charge in [0.2, 0.25) is 0 Å². The maximum atomic E-state index is 2.40. The van der Waals surface area contributed by atoms with Crippen LogP contribution in [0, 0.1) is 13.8 Å². The molecule has 0 bridgehead atoms. The molecule has 0 heteroatoms. The topological polar surface area (TPSA) is 0 Å². The molecule has 0 fully saturated rings. The van der Waals surface area contributed by atoms with Gasteiger partial charge in [0.1, 0.15) is 0 Å². The van der Waals surface area contributed by atoms with Gasteiger partial charge in [0.05, 0.1) is 0 Å². The lowest BCUT2D eigenvalue weighted by Gasteiger charge is -2.30. The van der Waals surface area contributed by atoms with E-state index in [1.807, 2.05) is 0 Å². The summed E-state index contributed by atoms with van der Waals surface area (Å²) in [4.78, 5) is 0. The van der Waals surface area contributed by atoms with Gasteiger partial charge in [-0.05, 0) is 48.9 Å². The van der Waals surface area contributed by atoms with Crippen LogP contribution >= 0.6 is 0 Å². The SMILES string of the molecule is CCC1(CC)c2cc(C)ccc2-c2ccc(C)cc21. The highest BCUT2D eigenvalue weighted by atomic mass is 14.4. The van der Waals surface area contributed by atoms with Gasteiger partial charge in [0.25, 0.3) is 0 Å². The van der Waals surface area contributed by atoms with Crippen LogP contribution in [0.3, 0.4) is 0 Å². The van der Waals surface area contributed by atoms with Crippen LogP contribution in [0.4, 0.5) is 0 Å². The number of aryl methyl sites for hydroxylation is 2. The van der Waals surface area contributed by atoms with E-state index in [-0.39, 0.29) is 5.41 Å². The molecule has 2 aromatic carbocycles. The molecular formula is C19H22. The van der Waals surface area contributed by atoms with Crippen LogP contribution in [0.2, 0.25) is 0 Å². The van der Waals surface area contributed by atoms with E-state index in [4.69, 9.17) is 0 Å². The Balaban J connectivity index is 2.38. The summed E-state index contributed by atoms with van der Waals surface area (Å²) in [5.74, 6) is 0. The van der Waals surface area contributed by atoms with Crippen LogP contribution in [0.15, 0.2) is 36.4 Å². The van der Waals surface area contributed by atoms with E-state index in [0.29, 0.717) is 0 Å². The smallest absolute Gasteiger partial charge is 0.0210 e. The molecule has 0 nitrogen and oxygen atoms in total. The molecule has 0 heterocycles. The zero-order valence-corrected chi connectivity index (χ0v) is 12.4. The molecule has 98 valence electrons. The molecule has 0 aliphatic heterocycles. The molecule has 1 aliphatic carbocycles. The van der Waals surface area contributed by atoms with Gasteiger partial charge in [0.15, 0.2) is 0 Å². The Hall–Kier alpha value is -1.56. The Morgan fingerprint density at radius 1 is 0.737 bits per heavy atom. The molecule has 0 unspecified atom stereocenters. The van der Waals surface area contributed by atoms with Crippen molar-refractivity contribution in [1.82, 2.24) is 0 Å². The van der Waals surface area contributed by atoms with Gasteiger partial charge in [-0.1, -0.05) is 61.4 Å². The highest BCUT2D eigenvalue weighted by Gasteiger charge is 2.40. The Labute approximate surface area is 116 Å². The summed E-state index contributed by atoms with van der Waals surface area (Å²) in [5, 5.41) is 0. The number of hydrogen-bond acceptors (Lipinski definition) is 0. The molecule has 0 aromatic heterocycles. The Bertz CT molecular complexity index is 577. The van der Waals surface area contributed by atoms with Gasteiger partial charge >= 0.3 is 0 Å². The summed E-state index contributed by atoms with van der Waals surface area (Å²) in [6.07, 6.45) is 2.35. The minimum absolute atomic E-state index is 0.225. The second-order valence-corrected chi connectivity index (χ2v) is 5.89. The average molecular weight is 250 g/mol. The molecule has 0 spiro atoms. The summed E-state index contributed by atoms with van der Waals surface area (Å²) in [6, 6.07) is 13.9. The first kappa shape index (κ1) is 12.5. The van der Waals surface area contributed by atoms with Crippen molar-refractivity contribution in [3.63, 3.8) is 0 Å². The highest BCUT2D eigenvalue weighted by Crippen LogP contribution is 2.52. The maximum Gasteiger partial charge on any atom is 0.0210 e. The lowest BCUT2D eigenvalue weighted by molar-refractivity contribution is 0.490. The molecule has 0 N–H and O–H groups in total. The monoisotopic (exact) mass is 250 g/mol. The summed E-state index contributed by atoms with van der Waals surface area (Å²) >= 11 is 0. The van der Waals surface area contributed by atoms with Gasteiger partial charge in [0, 0.05) is 5.41 Å². The summed E-state index contributed by atoms with van der Waals surface area (Å²) in [6.45, 7) is 9.05. The van der Waals surface area contributed by atoms with Gasteiger partial charge < -0.3 is 0 Å². The lowest BCUT2D eigenvalue weighted by Crippen LogP contribution is -2.23. The predicted octanol–water partition coefficient (Wildman–Crippen LogP) is 5.39. The molecule has 2 aromatic rings. The fraction of sp³-hybridized carbons (Fsp3) is 0.368. The second kappa shape index (κ2) is 4.23. The largest absolute Gasteiger partial charge is 0.0642 e. The van der Waals surface area contributed by atoms with Crippen LogP contribution in [0.1, 0.15) is 48.9 Å². The van der Waals surface area contributed by atoms with Crippen molar-refractivity contribution in [3.8, 4) is 11.1 Å². The average Bonchev–Trinajstić information content (AvgIpc) is 2.67. The van der Waals surface area contributed by atoms with E-state index in [1.165, 1.54) is 46.2 Å². The summed E-state index contributed by atoms with van der Waals surface area (Å²) in [7, 11) is 0. The highest BCUT2D eigenvalue weighted by molar-refractivity contribution is 5.81. The van der Waals surface area contributed by atoms with Crippen molar-refractivity contribution >= 4 is 0 Å². The zero-order valence-electron chi connectivity index (χ0n) is 12.4. The quantitative estimate of drug-likeness (QED) is 0.670. The first-order chi connectivity index (χ1) is 9.12. The molecule has 0 amide bonds. The van der Waals surface area contributed by atoms with E-state index in [0.717, 1.165) is 0 Å². The molecule has 0 saturated carbocycles. The van der Waals surface area contributed by atoms with E-state index in [2.05, 4.69) is 64.1 Å². The van der Waals surface area contributed by atoms with Crippen LogP contribution in [0.25, 0.3) is 11.1 Å². The van der Waals surface area contributed by atoms with Crippen LogP contribution in [0.5, 0.6) is 0 Å². The van der Waals surface area contributed by atoms with Crippen LogP contribution in [-0.2, 0) is 5.41 Å². The first-order valence-electron chi connectivity index (χ1n) is 7.35. The van der Waals surface area contributed by atoms with Gasteiger partial charge in [-0.2, -0.15) is 0 Å². The van der Waals surface area contributed by atoms with E-state index in [1.54, 1.807) is 0 Å². The lowest BCUT2D eigenvalue weighted by atomic mass is 9.73. The van der Waals surface area contributed by atoms with Crippen molar-refractivity contribution in [1.29, 1.82) is 0 Å². The molecular weight excluding hydrogens is 228 g/mol. The number of rotatable bonds is 2. The van der Waals surface area contributed by atoms with E-state index >= 15 is 0 Å². The second-order valence-electron chi connectivity index (χ2n) is 5.89. The van der Waals surface area contributed by atoms with Crippen molar-refractivity contribution in [2.45, 2.75) is 46.0 Å². The third-order valence-corrected chi connectivity index (χ3v) is 4.88. The Morgan fingerprint density at radius 3 is 1.53 bits per heavy atom. The van der Waals surface area contributed by atoms with E-state index < -0.39 is 0 Å². The normalized spacial score (nSPS) is 15.2. The van der Waals surface area contributed by atoms with Crippen LogP contribution < -0.4 is 0 Å². The third kappa shape index (κ3) is 1.59. The van der Waals surface area contributed by atoms with Crippen molar-refractivity contribution in [2.24, 2.45) is 0 Å². The third-order valence-electron chi connectivity index (χ3n) is 4.88.